The molecule has 0 radical (unpaired) electrons. The summed E-state index contributed by atoms with van der Waals surface area (Å²) < 4.78 is 5.79. The van der Waals surface area contributed by atoms with Gasteiger partial charge in [0.25, 0.3) is 5.91 Å². The molecule has 0 aromatic heterocycles. The number of carbonyl (C=O) groups is 2. The highest BCUT2D eigenvalue weighted by molar-refractivity contribution is 8.19. The Kier molecular flexibility index (Phi) is 7.14. The van der Waals surface area contributed by atoms with Crippen LogP contribution in [0.15, 0.2) is 119 Å². The minimum absolute atomic E-state index is 0.0267. The van der Waals surface area contributed by atoms with E-state index in [4.69, 9.17) is 9.73 Å². The van der Waals surface area contributed by atoms with Crippen LogP contribution in [0, 0.1) is 0 Å². The normalized spacial score (nSPS) is 15.4. The summed E-state index contributed by atoms with van der Waals surface area (Å²) in [6.45, 7) is 0.251. The van der Waals surface area contributed by atoms with Crippen LogP contribution in [0.3, 0.4) is 0 Å². The van der Waals surface area contributed by atoms with Gasteiger partial charge in [-0.2, -0.15) is 0 Å². The van der Waals surface area contributed by atoms with Crippen LogP contribution in [-0.2, 0) is 11.4 Å². The van der Waals surface area contributed by atoms with Crippen LogP contribution in [0.1, 0.15) is 21.5 Å². The standard InChI is InChI=1S/C30H22N2O4S/c33-28-27(37-30(31-23-12-6-2-7-13-23)32(28)24-14-8-3-9-15-24)19-22-16-17-26(25(18-22)29(34)35)36-20-21-10-4-1-5-11-21/h1-19H,20H2,(H,34,35)/b27-19-,31-30?. The molecule has 5 rings (SSSR count). The van der Waals surface area contributed by atoms with Crippen LogP contribution in [0.5, 0.6) is 5.75 Å². The Morgan fingerprint density at radius 1 is 0.892 bits per heavy atom. The number of hydrogen-bond acceptors (Lipinski definition) is 5. The van der Waals surface area contributed by atoms with Gasteiger partial charge in [-0.3, -0.25) is 9.69 Å². The van der Waals surface area contributed by atoms with Crippen LogP contribution in [0.4, 0.5) is 11.4 Å². The summed E-state index contributed by atoms with van der Waals surface area (Å²) in [6, 6.07) is 33.2. The lowest BCUT2D eigenvalue weighted by Crippen LogP contribution is -2.28. The van der Waals surface area contributed by atoms with E-state index >= 15 is 0 Å². The Bertz CT molecular complexity index is 1490. The van der Waals surface area contributed by atoms with E-state index in [-0.39, 0.29) is 23.8 Å². The van der Waals surface area contributed by atoms with E-state index in [0.29, 0.717) is 21.3 Å². The number of ether oxygens (including phenoxy) is 1. The lowest BCUT2D eigenvalue weighted by atomic mass is 10.1. The second kappa shape index (κ2) is 11.0. The Hall–Kier alpha value is -4.62. The average molecular weight is 507 g/mol. The molecule has 1 aliphatic heterocycles. The van der Waals surface area contributed by atoms with Crippen molar-refractivity contribution in [2.75, 3.05) is 4.90 Å². The number of aromatic carboxylic acids is 1. The Morgan fingerprint density at radius 3 is 2.22 bits per heavy atom. The van der Waals surface area contributed by atoms with Crippen LogP contribution >= 0.6 is 11.8 Å². The van der Waals surface area contributed by atoms with Crippen molar-refractivity contribution in [1.29, 1.82) is 0 Å². The number of carbonyl (C=O) groups excluding carboxylic acids is 1. The number of carboxylic acids is 1. The third-order valence-corrected chi connectivity index (χ3v) is 6.54. The van der Waals surface area contributed by atoms with Gasteiger partial charge < -0.3 is 9.84 Å². The molecule has 37 heavy (non-hydrogen) atoms. The monoisotopic (exact) mass is 506 g/mol. The summed E-state index contributed by atoms with van der Waals surface area (Å²) in [7, 11) is 0. The zero-order chi connectivity index (χ0) is 25.6. The van der Waals surface area contributed by atoms with E-state index in [2.05, 4.69) is 0 Å². The summed E-state index contributed by atoms with van der Waals surface area (Å²) in [5.74, 6) is -1.07. The lowest BCUT2D eigenvalue weighted by molar-refractivity contribution is -0.113. The van der Waals surface area contributed by atoms with Crippen molar-refractivity contribution < 1.29 is 19.4 Å². The summed E-state index contributed by atoms with van der Waals surface area (Å²) in [5, 5.41) is 10.3. The Morgan fingerprint density at radius 2 is 1.54 bits per heavy atom. The Labute approximate surface area is 218 Å². The molecule has 1 saturated heterocycles. The van der Waals surface area contributed by atoms with E-state index in [1.54, 1.807) is 23.1 Å². The van der Waals surface area contributed by atoms with Gasteiger partial charge in [0.1, 0.15) is 17.9 Å². The molecule has 7 heteroatoms. The van der Waals surface area contributed by atoms with Gasteiger partial charge in [-0.1, -0.05) is 72.8 Å². The van der Waals surface area contributed by atoms with Crippen LogP contribution < -0.4 is 9.64 Å². The molecule has 1 amide bonds. The molecule has 0 bridgehead atoms. The second-order valence-electron chi connectivity index (χ2n) is 8.15. The fourth-order valence-corrected chi connectivity index (χ4v) is 4.78. The number of hydrogen-bond donors (Lipinski definition) is 1. The molecule has 4 aromatic rings. The molecule has 0 atom stereocenters. The molecule has 0 spiro atoms. The number of benzene rings is 4. The SMILES string of the molecule is O=C(O)c1cc(/C=C2\SC(=Nc3ccccc3)N(c3ccccc3)C2=O)ccc1OCc1ccccc1. The first-order valence-electron chi connectivity index (χ1n) is 11.6. The third kappa shape index (κ3) is 5.63. The van der Waals surface area contributed by atoms with Gasteiger partial charge in [-0.15, -0.1) is 0 Å². The van der Waals surface area contributed by atoms with Gasteiger partial charge >= 0.3 is 5.97 Å². The average Bonchev–Trinajstić information content (AvgIpc) is 3.23. The summed E-state index contributed by atoms with van der Waals surface area (Å²) >= 11 is 1.25. The molecule has 1 N–H and O–H groups in total. The van der Waals surface area contributed by atoms with E-state index in [1.807, 2.05) is 91.0 Å². The zero-order valence-electron chi connectivity index (χ0n) is 19.7. The number of aliphatic imine (C=N–C) groups is 1. The maximum Gasteiger partial charge on any atom is 0.339 e. The van der Waals surface area contributed by atoms with Crippen molar-refractivity contribution in [3.8, 4) is 5.75 Å². The molecule has 6 nitrogen and oxygen atoms in total. The van der Waals surface area contributed by atoms with Crippen molar-refractivity contribution in [1.82, 2.24) is 0 Å². The van der Waals surface area contributed by atoms with E-state index in [0.717, 1.165) is 11.3 Å². The molecule has 1 aliphatic rings. The Balaban J connectivity index is 1.46. The van der Waals surface area contributed by atoms with Gasteiger partial charge in [0.05, 0.1) is 16.3 Å². The zero-order valence-corrected chi connectivity index (χ0v) is 20.5. The fourth-order valence-electron chi connectivity index (χ4n) is 3.78. The number of anilines is 1. The van der Waals surface area contributed by atoms with Crippen molar-refractivity contribution in [2.24, 2.45) is 4.99 Å². The highest BCUT2D eigenvalue weighted by Gasteiger charge is 2.34. The maximum absolute atomic E-state index is 13.5. The number of carboxylic acid groups (broad SMARTS) is 1. The van der Waals surface area contributed by atoms with Crippen molar-refractivity contribution in [2.45, 2.75) is 6.61 Å². The first kappa shape index (κ1) is 24.1. The van der Waals surface area contributed by atoms with E-state index in [9.17, 15) is 14.7 Å². The third-order valence-electron chi connectivity index (χ3n) is 5.57. The van der Waals surface area contributed by atoms with Crippen molar-refractivity contribution in [3.63, 3.8) is 0 Å². The number of amides is 1. The van der Waals surface area contributed by atoms with Crippen molar-refractivity contribution >= 4 is 46.3 Å². The molecular formula is C30H22N2O4S. The van der Waals surface area contributed by atoms with Gasteiger partial charge in [0.15, 0.2) is 5.17 Å². The van der Waals surface area contributed by atoms with Gasteiger partial charge in [-0.25, -0.2) is 9.79 Å². The number of thioether (sulfide) groups is 1. The molecule has 0 saturated carbocycles. The van der Waals surface area contributed by atoms with E-state index < -0.39 is 5.97 Å². The predicted molar refractivity (Wildman–Crippen MR) is 147 cm³/mol. The van der Waals surface area contributed by atoms with Crippen molar-refractivity contribution in [3.05, 3.63) is 131 Å². The molecule has 1 fully saturated rings. The minimum atomic E-state index is -1.11. The maximum atomic E-state index is 13.5. The number of amidine groups is 1. The van der Waals surface area contributed by atoms with Crippen LogP contribution in [0.25, 0.3) is 6.08 Å². The van der Waals surface area contributed by atoms with Gasteiger partial charge in [0, 0.05) is 0 Å². The summed E-state index contributed by atoms with van der Waals surface area (Å²) in [5.41, 5.74) is 2.97. The number of para-hydroxylation sites is 2. The smallest absolute Gasteiger partial charge is 0.339 e. The molecule has 1 heterocycles. The topological polar surface area (TPSA) is 79.2 Å². The molecular weight excluding hydrogens is 484 g/mol. The number of nitrogens with zero attached hydrogens (tertiary/aromatic N) is 2. The second-order valence-corrected chi connectivity index (χ2v) is 9.16. The minimum Gasteiger partial charge on any atom is -0.488 e. The first-order valence-corrected chi connectivity index (χ1v) is 12.4. The lowest BCUT2D eigenvalue weighted by Gasteiger charge is -2.15. The van der Waals surface area contributed by atoms with Crippen LogP contribution in [-0.4, -0.2) is 22.2 Å². The van der Waals surface area contributed by atoms with Crippen LogP contribution in [0.2, 0.25) is 0 Å². The predicted octanol–water partition coefficient (Wildman–Crippen LogP) is 6.77. The highest BCUT2D eigenvalue weighted by Crippen LogP contribution is 2.37. The molecule has 0 unspecified atom stereocenters. The van der Waals surface area contributed by atoms with E-state index in [1.165, 1.54) is 17.8 Å². The highest BCUT2D eigenvalue weighted by atomic mass is 32.2. The van der Waals surface area contributed by atoms with Gasteiger partial charge in [-0.05, 0) is 65.4 Å². The molecule has 0 aliphatic carbocycles. The summed E-state index contributed by atoms with van der Waals surface area (Å²) in [4.78, 5) is 32.2. The number of rotatable bonds is 7. The quantitative estimate of drug-likeness (QED) is 0.280. The first-order chi connectivity index (χ1) is 18.1. The van der Waals surface area contributed by atoms with Gasteiger partial charge in [0.2, 0.25) is 0 Å². The molecule has 182 valence electrons. The largest absolute Gasteiger partial charge is 0.488 e. The molecule has 4 aromatic carbocycles. The summed E-state index contributed by atoms with van der Waals surface area (Å²) in [6.07, 6.45) is 1.68. The fraction of sp³-hybridized carbons (Fsp3) is 0.0333.